The molecule has 18 heavy (non-hydrogen) atoms. The van der Waals surface area contributed by atoms with E-state index in [-0.39, 0.29) is 5.91 Å². The Morgan fingerprint density at radius 2 is 1.94 bits per heavy atom. The van der Waals surface area contributed by atoms with Crippen molar-refractivity contribution in [2.75, 3.05) is 12.0 Å². The highest BCUT2D eigenvalue weighted by Crippen LogP contribution is 2.22. The van der Waals surface area contributed by atoms with Gasteiger partial charge in [-0.3, -0.25) is 9.59 Å². The fourth-order valence-corrected chi connectivity index (χ4v) is 1.99. The molecule has 2 N–H and O–H groups in total. The van der Waals surface area contributed by atoms with Gasteiger partial charge in [-0.15, -0.1) is 0 Å². The van der Waals surface area contributed by atoms with Crippen molar-refractivity contribution >= 4 is 23.6 Å². The molecule has 0 bridgehead atoms. The van der Waals surface area contributed by atoms with Crippen LogP contribution in [0.2, 0.25) is 0 Å². The van der Waals surface area contributed by atoms with Gasteiger partial charge in [0.1, 0.15) is 0 Å². The molecule has 0 fully saturated rings. The van der Waals surface area contributed by atoms with Gasteiger partial charge in [-0.25, -0.2) is 0 Å². The van der Waals surface area contributed by atoms with Gasteiger partial charge in [0.25, 0.3) is 0 Å². The van der Waals surface area contributed by atoms with Gasteiger partial charge in [0.15, 0.2) is 0 Å². The Morgan fingerprint density at radius 1 is 1.33 bits per heavy atom. The maximum Gasteiger partial charge on any atom is 0.308 e. The minimum Gasteiger partial charge on any atom is -0.481 e. The first-order chi connectivity index (χ1) is 8.56. The summed E-state index contributed by atoms with van der Waals surface area (Å²) in [5.41, 5.74) is 0.807. The highest BCUT2D eigenvalue weighted by molar-refractivity contribution is 7.99. The number of benzene rings is 1. The lowest BCUT2D eigenvalue weighted by molar-refractivity contribution is -0.142. The van der Waals surface area contributed by atoms with Crippen LogP contribution < -0.4 is 5.32 Å². The van der Waals surface area contributed by atoms with Crippen molar-refractivity contribution in [1.82, 2.24) is 5.32 Å². The Balaban J connectivity index is 2.89. The van der Waals surface area contributed by atoms with E-state index in [2.05, 4.69) is 5.32 Å². The van der Waals surface area contributed by atoms with E-state index in [4.69, 9.17) is 5.11 Å². The van der Waals surface area contributed by atoms with Crippen molar-refractivity contribution in [3.05, 3.63) is 35.9 Å². The number of carbonyl (C=O) groups excluding carboxylic acids is 1. The standard InChI is InChI=1S/C13H17NO3S/c1-9(13(16)17)12(14-11(15)8-18-2)10-6-4-3-5-7-10/h3-7,9,12H,8H2,1-2H3,(H,14,15)(H,16,17). The minimum absolute atomic E-state index is 0.149. The zero-order valence-electron chi connectivity index (χ0n) is 10.4. The molecule has 0 radical (unpaired) electrons. The lowest BCUT2D eigenvalue weighted by atomic mass is 9.94. The summed E-state index contributed by atoms with van der Waals surface area (Å²) in [5, 5.41) is 11.9. The monoisotopic (exact) mass is 267 g/mol. The third kappa shape index (κ3) is 4.07. The molecule has 0 aliphatic carbocycles. The molecule has 1 rings (SSSR count). The van der Waals surface area contributed by atoms with Crippen molar-refractivity contribution in [1.29, 1.82) is 0 Å². The van der Waals surface area contributed by atoms with Crippen LogP contribution >= 0.6 is 11.8 Å². The smallest absolute Gasteiger partial charge is 0.308 e. The van der Waals surface area contributed by atoms with E-state index < -0.39 is 17.9 Å². The number of hydrogen-bond acceptors (Lipinski definition) is 3. The second-order valence-corrected chi connectivity index (χ2v) is 4.88. The number of carboxylic acids is 1. The number of rotatable bonds is 6. The number of nitrogens with one attached hydrogen (secondary N) is 1. The van der Waals surface area contributed by atoms with E-state index in [9.17, 15) is 9.59 Å². The average Bonchev–Trinajstić information content (AvgIpc) is 2.36. The molecule has 4 nitrogen and oxygen atoms in total. The normalized spacial score (nSPS) is 13.7. The number of hydrogen-bond donors (Lipinski definition) is 2. The first-order valence-corrected chi connectivity index (χ1v) is 7.01. The van der Waals surface area contributed by atoms with Gasteiger partial charge < -0.3 is 10.4 Å². The third-order valence-corrected chi connectivity index (χ3v) is 3.19. The molecule has 0 spiro atoms. The summed E-state index contributed by atoms with van der Waals surface area (Å²) in [6.07, 6.45) is 1.83. The Labute approximate surface area is 111 Å². The Kier molecular flexibility index (Phi) is 5.71. The summed E-state index contributed by atoms with van der Waals surface area (Å²) in [5.74, 6) is -1.41. The van der Waals surface area contributed by atoms with Crippen molar-refractivity contribution in [3.63, 3.8) is 0 Å². The topological polar surface area (TPSA) is 66.4 Å². The van der Waals surface area contributed by atoms with E-state index in [1.807, 2.05) is 36.6 Å². The Hall–Kier alpha value is -1.49. The van der Waals surface area contributed by atoms with E-state index >= 15 is 0 Å². The van der Waals surface area contributed by atoms with Crippen LogP contribution in [0.25, 0.3) is 0 Å². The molecule has 0 aromatic heterocycles. The Bertz CT molecular complexity index is 408. The highest BCUT2D eigenvalue weighted by atomic mass is 32.2. The maximum absolute atomic E-state index is 11.6. The highest BCUT2D eigenvalue weighted by Gasteiger charge is 2.26. The molecule has 2 atom stereocenters. The summed E-state index contributed by atoms with van der Waals surface area (Å²) < 4.78 is 0. The predicted molar refractivity (Wildman–Crippen MR) is 72.5 cm³/mol. The van der Waals surface area contributed by atoms with E-state index in [0.29, 0.717) is 5.75 Å². The number of aliphatic carboxylic acids is 1. The molecule has 1 amide bonds. The molecule has 1 aromatic carbocycles. The summed E-state index contributed by atoms with van der Waals surface area (Å²) in [6, 6.07) is 8.67. The lowest BCUT2D eigenvalue weighted by Gasteiger charge is -2.22. The SMILES string of the molecule is CSCC(=O)NC(c1ccccc1)C(C)C(=O)O. The molecular formula is C13H17NO3S. The van der Waals surface area contributed by atoms with Gasteiger partial charge in [0.05, 0.1) is 17.7 Å². The molecule has 0 aliphatic rings. The second-order valence-electron chi connectivity index (χ2n) is 4.02. The van der Waals surface area contributed by atoms with Gasteiger partial charge in [0, 0.05) is 0 Å². The summed E-state index contributed by atoms with van der Waals surface area (Å²) in [7, 11) is 0. The van der Waals surface area contributed by atoms with Crippen LogP contribution in [0.15, 0.2) is 30.3 Å². The van der Waals surface area contributed by atoms with Crippen LogP contribution in [-0.2, 0) is 9.59 Å². The van der Waals surface area contributed by atoms with Crippen molar-refractivity contribution in [2.45, 2.75) is 13.0 Å². The predicted octanol–water partition coefficient (Wildman–Crippen LogP) is 1.93. The van der Waals surface area contributed by atoms with Crippen LogP contribution in [0, 0.1) is 5.92 Å². The molecule has 0 saturated carbocycles. The third-order valence-electron chi connectivity index (χ3n) is 2.64. The molecule has 1 aromatic rings. The molecule has 0 aliphatic heterocycles. The number of carbonyl (C=O) groups is 2. The second kappa shape index (κ2) is 7.06. The van der Waals surface area contributed by atoms with Gasteiger partial charge in [-0.1, -0.05) is 30.3 Å². The average molecular weight is 267 g/mol. The van der Waals surface area contributed by atoms with Crippen LogP contribution in [0.1, 0.15) is 18.5 Å². The van der Waals surface area contributed by atoms with E-state index in [0.717, 1.165) is 5.56 Å². The van der Waals surface area contributed by atoms with E-state index in [1.54, 1.807) is 6.92 Å². The zero-order chi connectivity index (χ0) is 13.5. The van der Waals surface area contributed by atoms with Gasteiger partial charge in [-0.05, 0) is 18.7 Å². The molecule has 98 valence electrons. The molecule has 0 heterocycles. The summed E-state index contributed by atoms with van der Waals surface area (Å²) in [6.45, 7) is 1.60. The quantitative estimate of drug-likeness (QED) is 0.826. The molecular weight excluding hydrogens is 250 g/mol. The first-order valence-electron chi connectivity index (χ1n) is 5.62. The lowest BCUT2D eigenvalue weighted by Crippen LogP contribution is -2.36. The van der Waals surface area contributed by atoms with Crippen LogP contribution in [0.5, 0.6) is 0 Å². The number of thioether (sulfide) groups is 1. The van der Waals surface area contributed by atoms with Crippen molar-refractivity contribution in [2.24, 2.45) is 5.92 Å². The van der Waals surface area contributed by atoms with Crippen molar-refractivity contribution in [3.8, 4) is 0 Å². The molecule has 2 unspecified atom stereocenters. The van der Waals surface area contributed by atoms with Crippen LogP contribution in [-0.4, -0.2) is 29.0 Å². The summed E-state index contributed by atoms with van der Waals surface area (Å²) in [4.78, 5) is 22.7. The number of amides is 1. The van der Waals surface area contributed by atoms with E-state index in [1.165, 1.54) is 11.8 Å². The van der Waals surface area contributed by atoms with Crippen molar-refractivity contribution < 1.29 is 14.7 Å². The molecule has 0 saturated heterocycles. The van der Waals surface area contributed by atoms with Crippen LogP contribution in [0.3, 0.4) is 0 Å². The largest absolute Gasteiger partial charge is 0.481 e. The van der Waals surface area contributed by atoms with Crippen LogP contribution in [0.4, 0.5) is 0 Å². The number of carboxylic acid groups (broad SMARTS) is 1. The summed E-state index contributed by atoms with van der Waals surface area (Å²) >= 11 is 1.41. The van der Waals surface area contributed by atoms with Gasteiger partial charge in [-0.2, -0.15) is 11.8 Å². The maximum atomic E-state index is 11.6. The fourth-order valence-electron chi connectivity index (χ4n) is 1.65. The fraction of sp³-hybridized carbons (Fsp3) is 0.385. The van der Waals surface area contributed by atoms with Gasteiger partial charge in [0.2, 0.25) is 5.91 Å². The van der Waals surface area contributed by atoms with Gasteiger partial charge >= 0.3 is 5.97 Å². The zero-order valence-corrected chi connectivity index (χ0v) is 11.2. The molecule has 5 heteroatoms. The first kappa shape index (κ1) is 14.6. The minimum atomic E-state index is -0.923. The Morgan fingerprint density at radius 3 is 2.44 bits per heavy atom.